The number of benzene rings is 1. The number of pyridine rings is 1. The minimum Gasteiger partial charge on any atom is -0.475 e. The molecule has 4 aromatic rings. The number of aryl methyl sites for hydroxylation is 1. The third kappa shape index (κ3) is 4.49. The average molecular weight is 465 g/mol. The van der Waals surface area contributed by atoms with E-state index in [1.165, 1.54) is 0 Å². The summed E-state index contributed by atoms with van der Waals surface area (Å²) in [5, 5.41) is 15.7. The van der Waals surface area contributed by atoms with Gasteiger partial charge in [-0.3, -0.25) is 9.67 Å². The van der Waals surface area contributed by atoms with Crippen LogP contribution in [-0.2, 0) is 7.05 Å². The van der Waals surface area contributed by atoms with E-state index in [0.29, 0.717) is 40.5 Å². The lowest BCUT2D eigenvalue weighted by Crippen LogP contribution is -2.23. The van der Waals surface area contributed by atoms with Crippen molar-refractivity contribution in [3.8, 4) is 28.5 Å². The van der Waals surface area contributed by atoms with E-state index in [-0.39, 0.29) is 11.9 Å². The number of nitrogens with zero attached hydrogens (tertiary/aromatic N) is 5. The molecule has 0 atom stereocenters. The second-order valence-electron chi connectivity index (χ2n) is 8.50. The summed E-state index contributed by atoms with van der Waals surface area (Å²) >= 11 is 6.55. The number of ether oxygens (including phenoxy) is 1. The number of aliphatic hydroxyl groups is 1. The van der Waals surface area contributed by atoms with Crippen LogP contribution in [0.4, 0.5) is 5.82 Å². The molecule has 9 heteroatoms. The van der Waals surface area contributed by atoms with Gasteiger partial charge in [0, 0.05) is 30.4 Å². The van der Waals surface area contributed by atoms with Crippen molar-refractivity contribution in [3.05, 3.63) is 47.7 Å². The highest BCUT2D eigenvalue weighted by Crippen LogP contribution is 2.36. The summed E-state index contributed by atoms with van der Waals surface area (Å²) in [4.78, 5) is 13.8. The van der Waals surface area contributed by atoms with Crippen molar-refractivity contribution in [2.45, 2.75) is 31.8 Å². The lowest BCUT2D eigenvalue weighted by molar-refractivity contribution is 0.0910. The average Bonchev–Trinajstić information content (AvgIpc) is 3.25. The molecule has 1 saturated carbocycles. The van der Waals surface area contributed by atoms with Gasteiger partial charge >= 0.3 is 0 Å². The molecule has 1 aliphatic carbocycles. The third-order valence-electron chi connectivity index (χ3n) is 6.05. The van der Waals surface area contributed by atoms with E-state index < -0.39 is 0 Å². The van der Waals surface area contributed by atoms with Gasteiger partial charge in [-0.15, -0.1) is 0 Å². The van der Waals surface area contributed by atoms with E-state index in [9.17, 15) is 5.11 Å². The van der Waals surface area contributed by atoms with Gasteiger partial charge < -0.3 is 15.6 Å². The van der Waals surface area contributed by atoms with Gasteiger partial charge in [0.2, 0.25) is 0 Å². The maximum atomic E-state index is 9.75. The van der Waals surface area contributed by atoms with Crippen molar-refractivity contribution < 1.29 is 9.84 Å². The Balaban J connectivity index is 1.56. The van der Waals surface area contributed by atoms with Crippen LogP contribution in [0.15, 0.2) is 42.7 Å². The molecule has 0 spiro atoms. The molecule has 0 saturated heterocycles. The maximum Gasteiger partial charge on any atom is 0.257 e. The number of halogens is 1. The SMILES string of the molecule is Cn1ccc(-c2nc(N)c(OCC3CCC(O)CC3)nc2-c2cc(Cl)c3ncccc3c2)n1. The molecule has 1 aromatic carbocycles. The molecule has 0 radical (unpaired) electrons. The second kappa shape index (κ2) is 8.96. The molecule has 3 aromatic heterocycles. The molecule has 0 unspecified atom stereocenters. The predicted molar refractivity (Wildman–Crippen MR) is 128 cm³/mol. The summed E-state index contributed by atoms with van der Waals surface area (Å²) in [5.74, 6) is 0.858. The Morgan fingerprint density at radius 2 is 1.97 bits per heavy atom. The van der Waals surface area contributed by atoms with Gasteiger partial charge in [-0.05, 0) is 55.9 Å². The van der Waals surface area contributed by atoms with Crippen LogP contribution >= 0.6 is 11.6 Å². The van der Waals surface area contributed by atoms with Gasteiger partial charge in [-0.2, -0.15) is 5.10 Å². The van der Waals surface area contributed by atoms with Crippen molar-refractivity contribution in [3.63, 3.8) is 0 Å². The summed E-state index contributed by atoms with van der Waals surface area (Å²) in [6.45, 7) is 0.483. The van der Waals surface area contributed by atoms with Crippen LogP contribution < -0.4 is 10.5 Å². The molecule has 3 N–H and O–H groups in total. The molecule has 8 nitrogen and oxygen atoms in total. The highest BCUT2D eigenvalue weighted by molar-refractivity contribution is 6.35. The van der Waals surface area contributed by atoms with Gasteiger partial charge in [0.25, 0.3) is 5.88 Å². The number of nitrogen functional groups attached to an aromatic ring is 1. The number of fused-ring (bicyclic) bond motifs is 1. The first-order valence-corrected chi connectivity index (χ1v) is 11.4. The van der Waals surface area contributed by atoms with Crippen LogP contribution in [0.2, 0.25) is 5.02 Å². The van der Waals surface area contributed by atoms with Crippen molar-refractivity contribution in [1.29, 1.82) is 0 Å². The Morgan fingerprint density at radius 1 is 1.15 bits per heavy atom. The largest absolute Gasteiger partial charge is 0.475 e. The van der Waals surface area contributed by atoms with E-state index in [4.69, 9.17) is 27.1 Å². The van der Waals surface area contributed by atoms with Crippen LogP contribution in [-0.4, -0.2) is 42.5 Å². The monoisotopic (exact) mass is 464 g/mol. The number of anilines is 1. The Kier molecular flexibility index (Phi) is 5.86. The molecule has 0 amide bonds. The quantitative estimate of drug-likeness (QED) is 0.453. The summed E-state index contributed by atoms with van der Waals surface area (Å²) in [6, 6.07) is 9.50. The Bertz CT molecular complexity index is 1300. The van der Waals surface area contributed by atoms with E-state index in [1.54, 1.807) is 10.9 Å². The number of hydrogen-bond acceptors (Lipinski definition) is 7. The highest BCUT2D eigenvalue weighted by Gasteiger charge is 2.23. The Morgan fingerprint density at radius 3 is 2.73 bits per heavy atom. The minimum atomic E-state index is -0.206. The summed E-state index contributed by atoms with van der Waals surface area (Å²) in [6.07, 6.45) is 6.78. The number of aliphatic hydroxyl groups excluding tert-OH is 1. The molecule has 1 aliphatic rings. The summed E-state index contributed by atoms with van der Waals surface area (Å²) in [5.41, 5.74) is 9.56. The number of hydrogen-bond donors (Lipinski definition) is 2. The first-order chi connectivity index (χ1) is 16.0. The molecule has 33 heavy (non-hydrogen) atoms. The van der Waals surface area contributed by atoms with Crippen LogP contribution in [0.5, 0.6) is 5.88 Å². The number of rotatable bonds is 5. The van der Waals surface area contributed by atoms with Gasteiger partial charge in [-0.25, -0.2) is 9.97 Å². The Hall–Kier alpha value is -3.23. The zero-order valence-electron chi connectivity index (χ0n) is 18.3. The fraction of sp³-hybridized carbons (Fsp3) is 0.333. The minimum absolute atomic E-state index is 0.206. The van der Waals surface area contributed by atoms with E-state index >= 15 is 0 Å². The zero-order chi connectivity index (χ0) is 22.9. The molecular formula is C24H25ClN6O2. The normalized spacial score (nSPS) is 18.5. The fourth-order valence-electron chi connectivity index (χ4n) is 4.25. The van der Waals surface area contributed by atoms with Crippen molar-refractivity contribution >= 4 is 28.3 Å². The molecule has 5 rings (SSSR count). The standard InChI is InChI=1S/C24H25ClN6O2/c1-31-10-8-19(30-31)22-21(16-11-15-3-2-9-27-20(15)18(25)12-16)29-24(23(26)28-22)33-13-14-4-6-17(32)7-5-14/h2-3,8-12,14,17,32H,4-7,13H2,1H3,(H2,26,28). The number of nitrogens with two attached hydrogens (primary N) is 1. The first kappa shape index (κ1) is 21.6. The molecule has 0 bridgehead atoms. The van der Waals surface area contributed by atoms with Crippen LogP contribution in [0.25, 0.3) is 33.5 Å². The van der Waals surface area contributed by atoms with Gasteiger partial charge in [0.05, 0.1) is 23.3 Å². The fourth-order valence-corrected chi connectivity index (χ4v) is 4.53. The Labute approximate surface area is 196 Å². The van der Waals surface area contributed by atoms with E-state index in [1.807, 2.05) is 43.6 Å². The van der Waals surface area contributed by atoms with Crippen LogP contribution in [0.1, 0.15) is 25.7 Å². The molecule has 0 aliphatic heterocycles. The lowest BCUT2D eigenvalue weighted by atomic mass is 9.88. The summed E-state index contributed by atoms with van der Waals surface area (Å²) in [7, 11) is 1.84. The van der Waals surface area contributed by atoms with Crippen LogP contribution in [0.3, 0.4) is 0 Å². The summed E-state index contributed by atoms with van der Waals surface area (Å²) < 4.78 is 7.74. The third-order valence-corrected chi connectivity index (χ3v) is 6.34. The van der Waals surface area contributed by atoms with E-state index in [0.717, 1.165) is 42.1 Å². The van der Waals surface area contributed by atoms with Gasteiger partial charge in [-0.1, -0.05) is 17.7 Å². The van der Waals surface area contributed by atoms with Crippen molar-refractivity contribution in [2.75, 3.05) is 12.3 Å². The first-order valence-electron chi connectivity index (χ1n) is 11.0. The molecule has 1 fully saturated rings. The maximum absolute atomic E-state index is 9.75. The van der Waals surface area contributed by atoms with E-state index in [2.05, 4.69) is 15.1 Å². The molecule has 3 heterocycles. The van der Waals surface area contributed by atoms with Gasteiger partial charge in [0.15, 0.2) is 5.82 Å². The molecular weight excluding hydrogens is 440 g/mol. The second-order valence-corrected chi connectivity index (χ2v) is 8.91. The van der Waals surface area contributed by atoms with Crippen molar-refractivity contribution in [1.82, 2.24) is 24.7 Å². The van der Waals surface area contributed by atoms with Crippen molar-refractivity contribution in [2.24, 2.45) is 13.0 Å². The highest BCUT2D eigenvalue weighted by atomic mass is 35.5. The van der Waals surface area contributed by atoms with Crippen LogP contribution in [0, 0.1) is 5.92 Å². The zero-order valence-corrected chi connectivity index (χ0v) is 19.0. The smallest absolute Gasteiger partial charge is 0.257 e. The topological polar surface area (TPSA) is 112 Å². The number of aromatic nitrogens is 5. The molecule has 170 valence electrons. The predicted octanol–water partition coefficient (Wildman–Crippen LogP) is 4.26. The lowest BCUT2D eigenvalue weighted by Gasteiger charge is -2.25. The van der Waals surface area contributed by atoms with Gasteiger partial charge in [0.1, 0.15) is 17.1 Å².